The molecular formula is C17H12N4O4. The van der Waals surface area contributed by atoms with E-state index in [-0.39, 0.29) is 17.0 Å². The number of hydrogen-bond donors (Lipinski definition) is 3. The van der Waals surface area contributed by atoms with E-state index in [9.17, 15) is 20.1 Å². The average molecular weight is 336 g/mol. The van der Waals surface area contributed by atoms with Gasteiger partial charge in [-0.2, -0.15) is 0 Å². The van der Waals surface area contributed by atoms with Crippen molar-refractivity contribution in [1.82, 2.24) is 0 Å². The minimum atomic E-state index is -0.488. The van der Waals surface area contributed by atoms with E-state index in [4.69, 9.17) is 0 Å². The Morgan fingerprint density at radius 1 is 1.12 bits per heavy atom. The number of carbonyl (C=O) groups excluding carboxylic acids is 1. The van der Waals surface area contributed by atoms with Gasteiger partial charge in [0.25, 0.3) is 11.6 Å². The number of carbonyl (C=O) groups is 1. The number of anilines is 2. The molecule has 0 aromatic heterocycles. The Labute approximate surface area is 141 Å². The zero-order valence-electron chi connectivity index (χ0n) is 13.0. The summed E-state index contributed by atoms with van der Waals surface area (Å²) in [5, 5.41) is 29.8. The molecule has 2 heterocycles. The molecule has 25 heavy (non-hydrogen) atoms. The first-order valence-electron chi connectivity index (χ1n) is 7.45. The summed E-state index contributed by atoms with van der Waals surface area (Å²) in [6.07, 6.45) is 0. The van der Waals surface area contributed by atoms with Crippen LogP contribution in [0.25, 0.3) is 5.57 Å². The molecule has 2 aromatic carbocycles. The fraction of sp³-hybridized carbons (Fsp3) is 0.0588. The minimum absolute atomic E-state index is 0.0775. The van der Waals surface area contributed by atoms with Gasteiger partial charge in [-0.25, -0.2) is 0 Å². The summed E-state index contributed by atoms with van der Waals surface area (Å²) in [5.41, 5.74) is 3.36. The van der Waals surface area contributed by atoms with Gasteiger partial charge in [0.2, 0.25) is 0 Å². The molecule has 8 heteroatoms. The zero-order valence-corrected chi connectivity index (χ0v) is 13.0. The molecule has 3 N–H and O–H groups in total. The maximum atomic E-state index is 12.5. The Kier molecular flexibility index (Phi) is 3.08. The first-order valence-corrected chi connectivity index (χ1v) is 7.45. The number of aryl methyl sites for hydroxylation is 1. The van der Waals surface area contributed by atoms with Crippen molar-refractivity contribution in [3.8, 4) is 0 Å². The van der Waals surface area contributed by atoms with Gasteiger partial charge in [-0.1, -0.05) is 23.4 Å². The number of nitro benzene ring substituents is 1. The van der Waals surface area contributed by atoms with Crippen LogP contribution in [0.3, 0.4) is 0 Å². The lowest BCUT2D eigenvalue weighted by molar-refractivity contribution is -0.385. The molecule has 2 aromatic rings. The summed E-state index contributed by atoms with van der Waals surface area (Å²) in [6.45, 7) is 1.61. The van der Waals surface area contributed by atoms with E-state index >= 15 is 0 Å². The highest BCUT2D eigenvalue weighted by Gasteiger charge is 2.35. The van der Waals surface area contributed by atoms with E-state index in [0.29, 0.717) is 33.8 Å². The molecule has 124 valence electrons. The molecule has 0 saturated carbocycles. The van der Waals surface area contributed by atoms with Crippen molar-refractivity contribution in [2.45, 2.75) is 6.92 Å². The molecule has 1 amide bonds. The summed E-state index contributed by atoms with van der Waals surface area (Å²) < 4.78 is 0. The van der Waals surface area contributed by atoms with Gasteiger partial charge in [-0.05, 0) is 19.1 Å². The Morgan fingerprint density at radius 3 is 2.60 bits per heavy atom. The van der Waals surface area contributed by atoms with E-state index in [1.807, 2.05) is 6.07 Å². The number of nitro groups is 1. The van der Waals surface area contributed by atoms with E-state index in [1.54, 1.807) is 31.2 Å². The van der Waals surface area contributed by atoms with Gasteiger partial charge < -0.3 is 15.8 Å². The highest BCUT2D eigenvalue weighted by atomic mass is 16.6. The zero-order chi connectivity index (χ0) is 17.7. The average Bonchev–Trinajstić information content (AvgIpc) is 3.09. The first kappa shape index (κ1) is 14.9. The fourth-order valence-electron chi connectivity index (χ4n) is 3.17. The van der Waals surface area contributed by atoms with Gasteiger partial charge in [0, 0.05) is 34.1 Å². The molecule has 0 fully saturated rings. The third-order valence-electron chi connectivity index (χ3n) is 4.31. The SMILES string of the molecule is Cc1cc2c(cc1[N+](=O)[O-])/C(=C1/Nc3ccccc3/C1=N\O)C(=O)N2. The molecule has 2 aliphatic heterocycles. The van der Waals surface area contributed by atoms with E-state index in [2.05, 4.69) is 15.8 Å². The molecule has 8 nitrogen and oxygen atoms in total. The van der Waals surface area contributed by atoms with Gasteiger partial charge in [0.05, 0.1) is 16.2 Å². The van der Waals surface area contributed by atoms with Crippen LogP contribution in [0.2, 0.25) is 0 Å². The Balaban J connectivity index is 1.97. The van der Waals surface area contributed by atoms with E-state index < -0.39 is 10.8 Å². The van der Waals surface area contributed by atoms with Crippen LogP contribution in [0.1, 0.15) is 16.7 Å². The Hall–Kier alpha value is -3.68. The molecule has 0 bridgehead atoms. The lowest BCUT2D eigenvalue weighted by Crippen LogP contribution is -2.12. The number of allylic oxidation sites excluding steroid dienone is 1. The summed E-state index contributed by atoms with van der Waals surface area (Å²) in [4.78, 5) is 23.3. The monoisotopic (exact) mass is 336 g/mol. The van der Waals surface area contributed by atoms with E-state index in [0.717, 1.165) is 0 Å². The maximum absolute atomic E-state index is 12.5. The van der Waals surface area contributed by atoms with Crippen molar-refractivity contribution >= 4 is 34.3 Å². The number of benzene rings is 2. The van der Waals surface area contributed by atoms with Crippen LogP contribution >= 0.6 is 0 Å². The topological polar surface area (TPSA) is 117 Å². The van der Waals surface area contributed by atoms with Crippen LogP contribution in [0, 0.1) is 17.0 Å². The summed E-state index contributed by atoms with van der Waals surface area (Å²) in [7, 11) is 0. The molecular weight excluding hydrogens is 324 g/mol. The van der Waals surface area contributed by atoms with Crippen LogP contribution in [-0.4, -0.2) is 21.7 Å². The third kappa shape index (κ3) is 2.08. The van der Waals surface area contributed by atoms with E-state index in [1.165, 1.54) is 6.07 Å². The van der Waals surface area contributed by atoms with Gasteiger partial charge >= 0.3 is 0 Å². The second kappa shape index (κ2) is 5.17. The fourth-order valence-corrected chi connectivity index (χ4v) is 3.17. The highest BCUT2D eigenvalue weighted by Crippen LogP contribution is 2.41. The molecule has 0 saturated heterocycles. The smallest absolute Gasteiger partial charge is 0.273 e. The number of rotatable bonds is 1. The minimum Gasteiger partial charge on any atom is -0.410 e. The van der Waals surface area contributed by atoms with Gasteiger partial charge in [-0.15, -0.1) is 0 Å². The van der Waals surface area contributed by atoms with Gasteiger partial charge in [0.1, 0.15) is 5.71 Å². The van der Waals surface area contributed by atoms with Crippen LogP contribution in [0.15, 0.2) is 47.3 Å². The predicted octanol–water partition coefficient (Wildman–Crippen LogP) is 2.87. The molecule has 0 radical (unpaired) electrons. The molecule has 0 spiro atoms. The molecule has 4 rings (SSSR count). The molecule has 2 aliphatic rings. The summed E-state index contributed by atoms with van der Waals surface area (Å²) >= 11 is 0. The number of hydrogen-bond acceptors (Lipinski definition) is 6. The quantitative estimate of drug-likeness (QED) is 0.320. The van der Waals surface area contributed by atoms with Crippen molar-refractivity contribution in [2.75, 3.05) is 10.6 Å². The van der Waals surface area contributed by atoms with Crippen molar-refractivity contribution in [3.05, 3.63) is 68.9 Å². The lowest BCUT2D eigenvalue weighted by atomic mass is 9.99. The number of para-hydroxylation sites is 1. The molecule has 0 atom stereocenters. The van der Waals surface area contributed by atoms with Crippen molar-refractivity contribution < 1.29 is 14.9 Å². The molecule has 0 unspecified atom stereocenters. The lowest BCUT2D eigenvalue weighted by Gasteiger charge is -2.06. The van der Waals surface area contributed by atoms with Crippen LogP contribution in [-0.2, 0) is 4.79 Å². The number of fused-ring (bicyclic) bond motifs is 2. The summed E-state index contributed by atoms with van der Waals surface area (Å²) in [6, 6.07) is 10.1. The standard InChI is InChI=1S/C17H12N4O4/c1-8-6-12-10(7-13(8)21(24)25)14(17(22)19-12)16-15(20-23)9-4-2-3-5-11(9)18-16/h2-7,18,23H,1H3,(H,19,22)/b16-14-,20-15+. The van der Waals surface area contributed by atoms with Crippen LogP contribution < -0.4 is 10.6 Å². The number of nitrogens with one attached hydrogen (secondary N) is 2. The largest absolute Gasteiger partial charge is 0.410 e. The van der Waals surface area contributed by atoms with Gasteiger partial charge in [-0.3, -0.25) is 14.9 Å². The maximum Gasteiger partial charge on any atom is 0.273 e. The number of oxime groups is 1. The Morgan fingerprint density at radius 2 is 1.88 bits per heavy atom. The van der Waals surface area contributed by atoms with Crippen molar-refractivity contribution in [3.63, 3.8) is 0 Å². The summed E-state index contributed by atoms with van der Waals surface area (Å²) in [5.74, 6) is -0.411. The third-order valence-corrected chi connectivity index (χ3v) is 4.31. The second-order valence-corrected chi connectivity index (χ2v) is 5.76. The Bertz CT molecular complexity index is 1020. The highest BCUT2D eigenvalue weighted by molar-refractivity contribution is 6.39. The van der Waals surface area contributed by atoms with Crippen LogP contribution in [0.4, 0.5) is 17.1 Å². The normalized spacial score (nSPS) is 19.4. The van der Waals surface area contributed by atoms with Crippen molar-refractivity contribution in [2.24, 2.45) is 5.16 Å². The second-order valence-electron chi connectivity index (χ2n) is 5.76. The van der Waals surface area contributed by atoms with Crippen LogP contribution in [0.5, 0.6) is 0 Å². The van der Waals surface area contributed by atoms with Crippen molar-refractivity contribution in [1.29, 1.82) is 0 Å². The first-order chi connectivity index (χ1) is 12.0. The number of amides is 1. The van der Waals surface area contributed by atoms with Gasteiger partial charge in [0.15, 0.2) is 0 Å². The molecule has 0 aliphatic carbocycles. The predicted molar refractivity (Wildman–Crippen MR) is 91.8 cm³/mol. The number of nitrogens with zero attached hydrogens (tertiary/aromatic N) is 2.